The third-order valence-electron chi connectivity index (χ3n) is 4.31. The van der Waals surface area contributed by atoms with E-state index in [1.165, 1.54) is 0 Å². The summed E-state index contributed by atoms with van der Waals surface area (Å²) >= 11 is 0. The van der Waals surface area contributed by atoms with Crippen LogP contribution in [0.25, 0.3) is 0 Å². The molecule has 24 heavy (non-hydrogen) atoms. The van der Waals surface area contributed by atoms with Crippen LogP contribution in [-0.2, 0) is 21.6 Å². The molecule has 0 aliphatic carbocycles. The van der Waals surface area contributed by atoms with Crippen LogP contribution < -0.4 is 16.0 Å². The zero-order valence-corrected chi connectivity index (χ0v) is 13.4. The molecule has 3 rings (SSSR count). The van der Waals surface area contributed by atoms with Crippen molar-refractivity contribution in [2.24, 2.45) is 5.92 Å². The Labute approximate surface area is 137 Å². The Hall–Kier alpha value is -2.83. The zero-order valence-electron chi connectivity index (χ0n) is 13.4. The van der Waals surface area contributed by atoms with Crippen LogP contribution in [0.1, 0.15) is 25.0 Å². The zero-order chi connectivity index (χ0) is 17.3. The van der Waals surface area contributed by atoms with E-state index < -0.39 is 28.7 Å². The van der Waals surface area contributed by atoms with Gasteiger partial charge in [0.25, 0.3) is 5.56 Å². The fraction of sp³-hybridized carbons (Fsp3) is 0.353. The van der Waals surface area contributed by atoms with Crippen molar-refractivity contribution in [1.29, 1.82) is 0 Å². The molecule has 7 nitrogen and oxygen atoms in total. The van der Waals surface area contributed by atoms with E-state index >= 15 is 0 Å². The number of hydrogen-bond donors (Lipinski definition) is 2. The number of esters is 1. The van der Waals surface area contributed by atoms with Crippen molar-refractivity contribution in [3.05, 3.63) is 62.3 Å². The van der Waals surface area contributed by atoms with E-state index in [9.17, 15) is 14.4 Å². The van der Waals surface area contributed by atoms with Crippen LogP contribution in [0.4, 0.5) is 0 Å². The lowest BCUT2D eigenvalue weighted by atomic mass is 9.77. The molecule has 0 bridgehead atoms. The van der Waals surface area contributed by atoms with Crippen LogP contribution in [-0.4, -0.2) is 22.5 Å². The van der Waals surface area contributed by atoms with Crippen LogP contribution in [0.2, 0.25) is 0 Å². The summed E-state index contributed by atoms with van der Waals surface area (Å²) in [5.41, 5.74) is -1.27. The van der Waals surface area contributed by atoms with Crippen molar-refractivity contribution in [3.8, 4) is 5.88 Å². The number of aromatic nitrogens is 2. The van der Waals surface area contributed by atoms with E-state index in [-0.39, 0.29) is 24.5 Å². The van der Waals surface area contributed by atoms with Gasteiger partial charge in [-0.05, 0) is 19.4 Å². The molecule has 0 saturated carbocycles. The molecule has 1 aliphatic heterocycles. The molecule has 0 saturated heterocycles. The highest BCUT2D eigenvalue weighted by Crippen LogP contribution is 2.41. The molecule has 0 fully saturated rings. The number of benzene rings is 1. The van der Waals surface area contributed by atoms with E-state index in [1.807, 2.05) is 30.3 Å². The summed E-state index contributed by atoms with van der Waals surface area (Å²) in [6.45, 7) is 3.71. The van der Waals surface area contributed by atoms with Gasteiger partial charge in [-0.25, -0.2) is 4.79 Å². The van der Waals surface area contributed by atoms with Crippen molar-refractivity contribution in [2.45, 2.75) is 25.9 Å². The second-order valence-electron chi connectivity index (χ2n) is 5.80. The van der Waals surface area contributed by atoms with Gasteiger partial charge in [0.05, 0.1) is 12.2 Å². The number of nitrogens with one attached hydrogen (secondary N) is 2. The molecule has 2 atom stereocenters. The molecule has 1 aliphatic rings. The molecule has 7 heteroatoms. The molecule has 2 N–H and O–H groups in total. The number of H-pyrrole nitrogens is 2. The first-order valence-electron chi connectivity index (χ1n) is 7.72. The number of aromatic amines is 2. The summed E-state index contributed by atoms with van der Waals surface area (Å²) in [5, 5.41) is 0. The van der Waals surface area contributed by atoms with Gasteiger partial charge in [-0.1, -0.05) is 30.3 Å². The topological polar surface area (TPSA) is 101 Å². The summed E-state index contributed by atoms with van der Waals surface area (Å²) in [4.78, 5) is 40.7. The summed E-state index contributed by atoms with van der Waals surface area (Å²) in [6, 6.07) is 9.20. The molecule has 2 heterocycles. The second-order valence-corrected chi connectivity index (χ2v) is 5.80. The summed E-state index contributed by atoms with van der Waals surface area (Å²) in [5.74, 6) is -1.06. The van der Waals surface area contributed by atoms with Crippen molar-refractivity contribution in [1.82, 2.24) is 9.97 Å². The predicted octanol–water partition coefficient (Wildman–Crippen LogP) is 1.09. The number of carbonyl (C=O) groups is 1. The van der Waals surface area contributed by atoms with Gasteiger partial charge in [-0.2, -0.15) is 0 Å². The highest BCUT2D eigenvalue weighted by molar-refractivity contribution is 5.75. The Morgan fingerprint density at radius 1 is 1.29 bits per heavy atom. The quantitative estimate of drug-likeness (QED) is 0.821. The van der Waals surface area contributed by atoms with Gasteiger partial charge in [-0.3, -0.25) is 19.6 Å². The Bertz CT molecular complexity index is 871. The maximum atomic E-state index is 12.5. The Kier molecular flexibility index (Phi) is 4.01. The molecule has 126 valence electrons. The van der Waals surface area contributed by atoms with Gasteiger partial charge < -0.3 is 9.47 Å². The van der Waals surface area contributed by atoms with Gasteiger partial charge >= 0.3 is 11.7 Å². The van der Waals surface area contributed by atoms with Gasteiger partial charge in [0.15, 0.2) is 0 Å². The highest BCUT2D eigenvalue weighted by Gasteiger charge is 2.48. The Balaban J connectivity index is 2.16. The average Bonchev–Trinajstić information content (AvgIpc) is 2.55. The number of rotatable bonds is 3. The minimum Gasteiger partial charge on any atom is -0.466 e. The normalized spacial score (nSPS) is 22.3. The molecule has 0 radical (unpaired) electrons. The first-order chi connectivity index (χ1) is 11.5. The molecule has 0 spiro atoms. The van der Waals surface area contributed by atoms with Crippen LogP contribution >= 0.6 is 0 Å². The largest absolute Gasteiger partial charge is 0.466 e. The van der Waals surface area contributed by atoms with Crippen LogP contribution in [0.5, 0.6) is 5.88 Å². The Morgan fingerprint density at radius 3 is 2.67 bits per heavy atom. The number of fused-ring (bicyclic) bond motifs is 1. The lowest BCUT2D eigenvalue weighted by Crippen LogP contribution is -2.49. The fourth-order valence-corrected chi connectivity index (χ4v) is 3.03. The maximum absolute atomic E-state index is 12.5. The number of hydrogen-bond acceptors (Lipinski definition) is 5. The van der Waals surface area contributed by atoms with E-state index in [0.717, 1.165) is 5.56 Å². The summed E-state index contributed by atoms with van der Waals surface area (Å²) in [6.07, 6.45) is 0.117. The maximum Gasteiger partial charge on any atom is 0.328 e. The molecular weight excluding hydrogens is 312 g/mol. The monoisotopic (exact) mass is 330 g/mol. The molecule has 0 unspecified atom stereocenters. The first kappa shape index (κ1) is 16.0. The van der Waals surface area contributed by atoms with Crippen molar-refractivity contribution in [3.63, 3.8) is 0 Å². The lowest BCUT2D eigenvalue weighted by molar-refractivity contribution is -0.158. The molecule has 1 aromatic carbocycles. The Morgan fingerprint density at radius 2 is 2.00 bits per heavy atom. The van der Waals surface area contributed by atoms with Crippen LogP contribution in [0, 0.1) is 5.92 Å². The fourth-order valence-electron chi connectivity index (χ4n) is 3.03. The highest BCUT2D eigenvalue weighted by atomic mass is 16.5. The predicted molar refractivity (Wildman–Crippen MR) is 85.9 cm³/mol. The molecule has 1 aromatic heterocycles. The van der Waals surface area contributed by atoms with E-state index in [2.05, 4.69) is 9.97 Å². The van der Waals surface area contributed by atoms with E-state index in [4.69, 9.17) is 9.47 Å². The van der Waals surface area contributed by atoms with Gasteiger partial charge in [0, 0.05) is 6.42 Å². The minimum atomic E-state index is -1.06. The molecule has 0 amide bonds. The smallest absolute Gasteiger partial charge is 0.328 e. The second kappa shape index (κ2) is 5.99. The van der Waals surface area contributed by atoms with Gasteiger partial charge in [-0.15, -0.1) is 0 Å². The van der Waals surface area contributed by atoms with Crippen molar-refractivity contribution in [2.75, 3.05) is 6.61 Å². The van der Waals surface area contributed by atoms with Crippen molar-refractivity contribution >= 4 is 5.97 Å². The van der Waals surface area contributed by atoms with Crippen LogP contribution in [0.15, 0.2) is 39.9 Å². The lowest BCUT2D eigenvalue weighted by Gasteiger charge is -2.40. The van der Waals surface area contributed by atoms with E-state index in [0.29, 0.717) is 0 Å². The van der Waals surface area contributed by atoms with E-state index in [1.54, 1.807) is 13.8 Å². The first-order valence-corrected chi connectivity index (χ1v) is 7.72. The summed E-state index contributed by atoms with van der Waals surface area (Å²) in [7, 11) is 0. The average molecular weight is 330 g/mol. The molecule has 2 aromatic rings. The number of carbonyl (C=O) groups excluding carboxylic acids is 1. The SMILES string of the molecule is CCOC(=O)[C@@H]1Cc2c([nH]c(=O)[nH]c2=O)O[C@@]1(C)c1ccccc1. The standard InChI is InChI=1S/C17H18N2O5/c1-3-23-15(21)12-9-11-13(20)18-16(22)19-14(11)24-17(12,2)10-7-5-4-6-8-10/h4-8,12H,3,9H2,1-2H3,(H2,18,19,20,22)/t12-,17-/m0/s1. The minimum absolute atomic E-state index is 0.0932. The number of ether oxygens (including phenoxy) is 2. The summed E-state index contributed by atoms with van der Waals surface area (Å²) < 4.78 is 11.1. The van der Waals surface area contributed by atoms with Crippen molar-refractivity contribution < 1.29 is 14.3 Å². The van der Waals surface area contributed by atoms with Gasteiger partial charge in [0.1, 0.15) is 11.5 Å². The molecular formula is C17H18N2O5. The van der Waals surface area contributed by atoms with Gasteiger partial charge in [0.2, 0.25) is 5.88 Å². The third-order valence-corrected chi connectivity index (χ3v) is 4.31. The van der Waals surface area contributed by atoms with Crippen LogP contribution in [0.3, 0.4) is 0 Å². The third kappa shape index (κ3) is 2.62.